The van der Waals surface area contributed by atoms with E-state index in [1.165, 1.54) is 0 Å². The lowest BCUT2D eigenvalue weighted by Crippen LogP contribution is -2.52. The van der Waals surface area contributed by atoms with Crippen LogP contribution in [0.5, 0.6) is 5.88 Å². The SMILES string of the molecule is COC1CN(c2ccc(C(=O)N[C@H](CC(C)C)C(=O)O)nc2OCC2CC2)C1. The molecule has 3 rings (SSSR count). The molecule has 1 atom stereocenters. The van der Waals surface area contributed by atoms with Crippen molar-refractivity contribution in [2.45, 2.75) is 45.3 Å². The van der Waals surface area contributed by atoms with Crippen molar-refractivity contribution in [1.82, 2.24) is 10.3 Å². The monoisotopic (exact) mass is 391 g/mol. The van der Waals surface area contributed by atoms with E-state index in [2.05, 4.69) is 15.2 Å². The van der Waals surface area contributed by atoms with Gasteiger partial charge in [0.2, 0.25) is 5.88 Å². The summed E-state index contributed by atoms with van der Waals surface area (Å²) in [7, 11) is 1.69. The van der Waals surface area contributed by atoms with Crippen LogP contribution in [-0.4, -0.2) is 60.9 Å². The Morgan fingerprint density at radius 1 is 1.32 bits per heavy atom. The molecule has 2 aliphatic rings. The van der Waals surface area contributed by atoms with E-state index in [0.29, 0.717) is 24.8 Å². The van der Waals surface area contributed by atoms with Crippen LogP contribution in [0.25, 0.3) is 0 Å². The van der Waals surface area contributed by atoms with Crippen LogP contribution >= 0.6 is 0 Å². The molecule has 1 aromatic heterocycles. The Kier molecular flexibility index (Phi) is 6.39. The van der Waals surface area contributed by atoms with Gasteiger partial charge in [0.25, 0.3) is 5.91 Å². The predicted molar refractivity (Wildman–Crippen MR) is 104 cm³/mol. The van der Waals surface area contributed by atoms with Gasteiger partial charge in [-0.25, -0.2) is 9.78 Å². The lowest BCUT2D eigenvalue weighted by atomic mass is 10.0. The molecule has 2 heterocycles. The number of hydrogen-bond acceptors (Lipinski definition) is 6. The normalized spacial score (nSPS) is 17.9. The third kappa shape index (κ3) is 5.13. The topological polar surface area (TPSA) is 101 Å². The highest BCUT2D eigenvalue weighted by molar-refractivity contribution is 5.95. The fourth-order valence-electron chi connectivity index (χ4n) is 3.10. The molecule has 1 amide bonds. The van der Waals surface area contributed by atoms with E-state index >= 15 is 0 Å². The minimum Gasteiger partial charge on any atom is -0.480 e. The predicted octanol–water partition coefficient (Wildman–Crippen LogP) is 1.93. The summed E-state index contributed by atoms with van der Waals surface area (Å²) in [5.41, 5.74) is 0.996. The van der Waals surface area contributed by atoms with Crippen LogP contribution in [0.4, 0.5) is 5.69 Å². The summed E-state index contributed by atoms with van der Waals surface area (Å²) in [5, 5.41) is 11.9. The molecule has 0 spiro atoms. The average Bonchev–Trinajstić information content (AvgIpc) is 3.43. The van der Waals surface area contributed by atoms with Crippen molar-refractivity contribution in [3.63, 3.8) is 0 Å². The Morgan fingerprint density at radius 3 is 2.61 bits per heavy atom. The third-order valence-electron chi connectivity index (χ3n) is 5.06. The van der Waals surface area contributed by atoms with Gasteiger partial charge in [-0.3, -0.25) is 4.79 Å². The van der Waals surface area contributed by atoms with Crippen molar-refractivity contribution in [2.75, 3.05) is 31.7 Å². The van der Waals surface area contributed by atoms with Gasteiger partial charge in [-0.15, -0.1) is 0 Å². The highest BCUT2D eigenvalue weighted by Gasteiger charge is 2.31. The number of nitrogens with one attached hydrogen (secondary N) is 1. The first kappa shape index (κ1) is 20.4. The minimum absolute atomic E-state index is 0.148. The molecule has 1 aromatic rings. The molecule has 0 bridgehead atoms. The molecule has 0 unspecified atom stereocenters. The summed E-state index contributed by atoms with van der Waals surface area (Å²) >= 11 is 0. The number of carbonyl (C=O) groups is 2. The highest BCUT2D eigenvalue weighted by atomic mass is 16.5. The van der Waals surface area contributed by atoms with Crippen molar-refractivity contribution < 1.29 is 24.2 Å². The fraction of sp³-hybridized carbons (Fsp3) is 0.650. The van der Waals surface area contributed by atoms with Crippen LogP contribution in [0, 0.1) is 11.8 Å². The molecule has 8 nitrogen and oxygen atoms in total. The van der Waals surface area contributed by atoms with Crippen molar-refractivity contribution in [3.05, 3.63) is 17.8 Å². The summed E-state index contributed by atoms with van der Waals surface area (Å²) in [6, 6.07) is 2.49. The number of rotatable bonds is 10. The van der Waals surface area contributed by atoms with Crippen LogP contribution in [0.15, 0.2) is 12.1 Å². The van der Waals surface area contributed by atoms with Crippen molar-refractivity contribution in [2.24, 2.45) is 11.8 Å². The molecule has 1 saturated heterocycles. The minimum atomic E-state index is -1.05. The van der Waals surface area contributed by atoms with E-state index in [1.807, 2.05) is 19.9 Å². The zero-order valence-corrected chi connectivity index (χ0v) is 16.7. The van der Waals surface area contributed by atoms with E-state index in [4.69, 9.17) is 9.47 Å². The number of anilines is 1. The van der Waals surface area contributed by atoms with Gasteiger partial charge >= 0.3 is 5.97 Å². The number of amides is 1. The molecule has 1 aliphatic carbocycles. The van der Waals surface area contributed by atoms with Gasteiger partial charge in [0.1, 0.15) is 17.4 Å². The summed E-state index contributed by atoms with van der Waals surface area (Å²) in [6.45, 7) is 5.91. The number of ether oxygens (including phenoxy) is 2. The first-order valence-electron chi connectivity index (χ1n) is 9.82. The Hall–Kier alpha value is -2.35. The number of hydrogen-bond donors (Lipinski definition) is 2. The largest absolute Gasteiger partial charge is 0.480 e. The van der Waals surface area contributed by atoms with Gasteiger partial charge in [-0.05, 0) is 43.2 Å². The van der Waals surface area contributed by atoms with E-state index in [1.54, 1.807) is 13.2 Å². The maximum Gasteiger partial charge on any atom is 0.326 e. The molecule has 28 heavy (non-hydrogen) atoms. The number of aliphatic carboxylic acids is 1. The average molecular weight is 391 g/mol. The number of aromatic nitrogens is 1. The van der Waals surface area contributed by atoms with Crippen LogP contribution in [-0.2, 0) is 9.53 Å². The number of carbonyl (C=O) groups excluding carboxylic acids is 1. The Labute approximate surface area is 165 Å². The number of carboxylic acids is 1. The molecule has 2 fully saturated rings. The van der Waals surface area contributed by atoms with Gasteiger partial charge in [-0.1, -0.05) is 13.8 Å². The third-order valence-corrected chi connectivity index (χ3v) is 5.06. The molecule has 154 valence electrons. The number of carboxylic acid groups (broad SMARTS) is 1. The standard InChI is InChI=1S/C20H29N3O5/c1-12(2)8-16(20(25)26)21-18(24)15-6-7-17(23-9-14(10-23)27-3)19(22-15)28-11-13-4-5-13/h6-7,12-14,16H,4-5,8-11H2,1-3H3,(H,21,24)(H,25,26)/t16-/m1/s1. The maximum absolute atomic E-state index is 12.6. The van der Waals surface area contributed by atoms with Gasteiger partial charge in [0.05, 0.1) is 12.7 Å². The lowest BCUT2D eigenvalue weighted by molar-refractivity contribution is -0.139. The molecule has 0 aromatic carbocycles. The molecule has 8 heteroatoms. The number of nitrogens with zero attached hydrogens (tertiary/aromatic N) is 2. The second kappa shape index (κ2) is 8.77. The van der Waals surface area contributed by atoms with Gasteiger partial charge < -0.3 is 24.8 Å². The zero-order valence-electron chi connectivity index (χ0n) is 16.7. The van der Waals surface area contributed by atoms with E-state index in [-0.39, 0.29) is 17.7 Å². The first-order valence-corrected chi connectivity index (χ1v) is 9.82. The molecular weight excluding hydrogens is 362 g/mol. The second-order valence-corrected chi connectivity index (χ2v) is 8.03. The van der Waals surface area contributed by atoms with Crippen LogP contribution in [0.3, 0.4) is 0 Å². The lowest BCUT2D eigenvalue weighted by Gasteiger charge is -2.40. The summed E-state index contributed by atoms with van der Waals surface area (Å²) in [6.07, 6.45) is 2.85. The van der Waals surface area contributed by atoms with Crippen molar-refractivity contribution >= 4 is 17.6 Å². The highest BCUT2D eigenvalue weighted by Crippen LogP contribution is 2.34. The van der Waals surface area contributed by atoms with E-state index in [0.717, 1.165) is 31.6 Å². The first-order chi connectivity index (χ1) is 13.4. The summed E-state index contributed by atoms with van der Waals surface area (Å²) in [5.74, 6) is -0.429. The Morgan fingerprint density at radius 2 is 2.04 bits per heavy atom. The fourth-order valence-corrected chi connectivity index (χ4v) is 3.10. The van der Waals surface area contributed by atoms with Gasteiger partial charge in [0, 0.05) is 20.2 Å². The second-order valence-electron chi connectivity index (χ2n) is 8.03. The molecule has 2 N–H and O–H groups in total. The quantitative estimate of drug-likeness (QED) is 0.628. The Bertz CT molecular complexity index is 714. The van der Waals surface area contributed by atoms with Gasteiger partial charge in [-0.2, -0.15) is 0 Å². The molecule has 0 radical (unpaired) electrons. The smallest absolute Gasteiger partial charge is 0.326 e. The molecular formula is C20H29N3O5. The van der Waals surface area contributed by atoms with Crippen molar-refractivity contribution in [3.8, 4) is 5.88 Å². The number of methoxy groups -OCH3 is 1. The summed E-state index contributed by atoms with van der Waals surface area (Å²) < 4.78 is 11.2. The van der Waals surface area contributed by atoms with Crippen LogP contribution in [0.1, 0.15) is 43.6 Å². The Balaban J connectivity index is 1.73. The van der Waals surface area contributed by atoms with E-state index < -0.39 is 17.9 Å². The molecule has 1 saturated carbocycles. The zero-order chi connectivity index (χ0) is 20.3. The van der Waals surface area contributed by atoms with Crippen LogP contribution < -0.4 is 15.0 Å². The number of pyridine rings is 1. The van der Waals surface area contributed by atoms with Crippen LogP contribution in [0.2, 0.25) is 0 Å². The molecule has 1 aliphatic heterocycles. The van der Waals surface area contributed by atoms with Crippen molar-refractivity contribution in [1.29, 1.82) is 0 Å². The summed E-state index contributed by atoms with van der Waals surface area (Å²) in [4.78, 5) is 30.5. The van der Waals surface area contributed by atoms with Gasteiger partial charge in [0.15, 0.2) is 0 Å². The maximum atomic E-state index is 12.6. The van der Waals surface area contributed by atoms with E-state index in [9.17, 15) is 14.7 Å².